The van der Waals surface area contributed by atoms with Gasteiger partial charge in [0.25, 0.3) is 5.91 Å². The molecule has 2 saturated heterocycles. The van der Waals surface area contributed by atoms with Crippen molar-refractivity contribution >= 4 is 11.8 Å². The average molecular weight is 349 g/mol. The first-order valence-corrected chi connectivity index (χ1v) is 8.85. The highest BCUT2D eigenvalue weighted by Crippen LogP contribution is 2.25. The largest absolute Gasteiger partial charge is 0.387 e. The zero-order valence-corrected chi connectivity index (χ0v) is 14.9. The van der Waals surface area contributed by atoms with Crippen molar-refractivity contribution in [2.45, 2.75) is 37.8 Å². The summed E-state index contributed by atoms with van der Waals surface area (Å²) in [5, 5.41) is 18.0. The van der Waals surface area contributed by atoms with Crippen LogP contribution in [0, 0.1) is 0 Å². The molecule has 138 valence electrons. The molecule has 8 nitrogen and oxygen atoms in total. The molecule has 0 saturated carbocycles. The topological polar surface area (TPSA) is 90.7 Å². The van der Waals surface area contributed by atoms with Crippen LogP contribution in [0.3, 0.4) is 0 Å². The first kappa shape index (κ1) is 17.9. The van der Waals surface area contributed by atoms with Crippen molar-refractivity contribution in [3.05, 3.63) is 18.0 Å². The first-order chi connectivity index (χ1) is 11.8. The Morgan fingerprint density at radius 3 is 2.68 bits per heavy atom. The van der Waals surface area contributed by atoms with Gasteiger partial charge in [0.15, 0.2) is 0 Å². The molecule has 0 aromatic carbocycles. The summed E-state index contributed by atoms with van der Waals surface area (Å²) in [6, 6.07) is 1.93. The van der Waals surface area contributed by atoms with Crippen LogP contribution in [0.5, 0.6) is 0 Å². The summed E-state index contributed by atoms with van der Waals surface area (Å²) in [4.78, 5) is 27.5. The van der Waals surface area contributed by atoms with Crippen LogP contribution in [-0.2, 0) is 11.8 Å². The zero-order chi connectivity index (χ0) is 18.0. The number of rotatable bonds is 4. The Labute approximate surface area is 147 Å². The van der Waals surface area contributed by atoms with Gasteiger partial charge in [-0.2, -0.15) is 5.10 Å². The summed E-state index contributed by atoms with van der Waals surface area (Å²) >= 11 is 0. The van der Waals surface area contributed by atoms with Gasteiger partial charge in [-0.3, -0.25) is 14.3 Å². The summed E-state index contributed by atoms with van der Waals surface area (Å²) in [6.07, 6.45) is 4.12. The monoisotopic (exact) mass is 349 g/mol. The van der Waals surface area contributed by atoms with Crippen LogP contribution in [0.15, 0.2) is 12.3 Å². The van der Waals surface area contributed by atoms with Gasteiger partial charge in [-0.15, -0.1) is 0 Å². The molecular formula is C17H27N5O3. The van der Waals surface area contributed by atoms with Crippen molar-refractivity contribution < 1.29 is 14.7 Å². The molecule has 3 heterocycles. The van der Waals surface area contributed by atoms with Gasteiger partial charge in [-0.1, -0.05) is 0 Å². The summed E-state index contributed by atoms with van der Waals surface area (Å²) in [6.45, 7) is 4.69. The van der Waals surface area contributed by atoms with Gasteiger partial charge in [0.1, 0.15) is 5.69 Å². The van der Waals surface area contributed by atoms with E-state index in [1.807, 2.05) is 0 Å². The molecular weight excluding hydrogens is 322 g/mol. The number of nitrogens with zero attached hydrogens (tertiary/aromatic N) is 4. The van der Waals surface area contributed by atoms with Crippen LogP contribution in [-0.4, -0.2) is 80.9 Å². The number of piperidine rings is 1. The highest BCUT2D eigenvalue weighted by atomic mass is 16.3. The fraction of sp³-hybridized carbons (Fsp3) is 0.706. The molecule has 0 bridgehead atoms. The van der Waals surface area contributed by atoms with Crippen LogP contribution in [0.2, 0.25) is 0 Å². The molecule has 1 atom stereocenters. The number of carbonyl (C=O) groups is 2. The number of likely N-dealkylation sites (tertiary alicyclic amines) is 2. The number of aromatic nitrogens is 2. The minimum atomic E-state index is -0.870. The SMILES string of the molecule is CC(=O)NC1CCN(C[C@]2(O)CCN(C(=O)c3ccn(C)n3)C2)CC1. The lowest BCUT2D eigenvalue weighted by Crippen LogP contribution is -2.50. The van der Waals surface area contributed by atoms with Crippen molar-refractivity contribution in [2.24, 2.45) is 7.05 Å². The third-order valence-corrected chi connectivity index (χ3v) is 5.07. The van der Waals surface area contributed by atoms with Crippen LogP contribution < -0.4 is 5.32 Å². The molecule has 2 amide bonds. The Kier molecular flexibility index (Phi) is 5.10. The van der Waals surface area contributed by atoms with Crippen molar-refractivity contribution in [1.82, 2.24) is 24.9 Å². The number of nitrogens with one attached hydrogen (secondary N) is 1. The van der Waals surface area contributed by atoms with E-state index in [0.29, 0.717) is 31.7 Å². The van der Waals surface area contributed by atoms with Crippen LogP contribution in [0.4, 0.5) is 0 Å². The number of hydrogen-bond donors (Lipinski definition) is 2. The summed E-state index contributed by atoms with van der Waals surface area (Å²) in [7, 11) is 1.78. The van der Waals surface area contributed by atoms with Crippen LogP contribution >= 0.6 is 0 Å². The van der Waals surface area contributed by atoms with Gasteiger partial charge in [-0.05, 0) is 25.3 Å². The Morgan fingerprint density at radius 1 is 1.36 bits per heavy atom. The zero-order valence-electron chi connectivity index (χ0n) is 14.9. The lowest BCUT2D eigenvalue weighted by molar-refractivity contribution is -0.120. The third kappa shape index (κ3) is 4.38. The number of carbonyl (C=O) groups excluding carboxylic acids is 2. The number of hydrogen-bond acceptors (Lipinski definition) is 5. The summed E-state index contributed by atoms with van der Waals surface area (Å²) in [5.74, 6) is -0.113. The molecule has 3 rings (SSSR count). The van der Waals surface area contributed by atoms with Gasteiger partial charge < -0.3 is 20.2 Å². The number of aliphatic hydroxyl groups is 1. The smallest absolute Gasteiger partial charge is 0.274 e. The molecule has 0 unspecified atom stereocenters. The lowest BCUT2D eigenvalue weighted by atomic mass is 9.99. The standard InChI is InChI=1S/C17H27N5O3/c1-13(23)18-14-3-8-21(9-4-14)11-17(25)6-10-22(12-17)16(24)15-5-7-20(2)19-15/h5,7,14,25H,3-4,6,8-12H2,1-2H3,(H,18,23)/t17-/m1/s1. The van der Waals surface area contributed by atoms with E-state index in [1.165, 1.54) is 0 Å². The summed E-state index contributed by atoms with van der Waals surface area (Å²) < 4.78 is 1.61. The third-order valence-electron chi connectivity index (χ3n) is 5.07. The van der Waals surface area contributed by atoms with E-state index in [1.54, 1.807) is 35.8 Å². The van der Waals surface area contributed by atoms with Crippen LogP contribution in [0.1, 0.15) is 36.7 Å². The van der Waals surface area contributed by atoms with Crippen molar-refractivity contribution in [3.8, 4) is 0 Å². The molecule has 1 aromatic heterocycles. The van der Waals surface area contributed by atoms with Gasteiger partial charge >= 0.3 is 0 Å². The lowest BCUT2D eigenvalue weighted by Gasteiger charge is -2.36. The molecule has 2 N–H and O–H groups in total. The predicted octanol–water partition coefficient (Wildman–Crippen LogP) is -0.402. The molecule has 8 heteroatoms. The van der Waals surface area contributed by atoms with E-state index >= 15 is 0 Å². The number of amides is 2. The molecule has 0 spiro atoms. The van der Waals surface area contributed by atoms with E-state index in [-0.39, 0.29) is 17.9 Å². The van der Waals surface area contributed by atoms with E-state index in [9.17, 15) is 14.7 Å². The second kappa shape index (κ2) is 7.13. The van der Waals surface area contributed by atoms with E-state index < -0.39 is 5.60 Å². The quantitative estimate of drug-likeness (QED) is 0.772. The maximum Gasteiger partial charge on any atom is 0.274 e. The molecule has 1 aromatic rings. The second-order valence-corrected chi connectivity index (χ2v) is 7.33. The molecule has 2 aliphatic heterocycles. The minimum absolute atomic E-state index is 0.0107. The highest BCUT2D eigenvalue weighted by molar-refractivity contribution is 5.92. The van der Waals surface area contributed by atoms with Gasteiger partial charge in [0.05, 0.1) is 12.1 Å². The van der Waals surface area contributed by atoms with E-state index in [0.717, 1.165) is 25.9 Å². The fourth-order valence-electron chi connectivity index (χ4n) is 3.79. The molecule has 25 heavy (non-hydrogen) atoms. The molecule has 2 aliphatic rings. The maximum atomic E-state index is 12.5. The maximum absolute atomic E-state index is 12.5. The Morgan fingerprint density at radius 2 is 2.08 bits per heavy atom. The second-order valence-electron chi connectivity index (χ2n) is 7.33. The normalized spacial score (nSPS) is 25.3. The van der Waals surface area contributed by atoms with E-state index in [4.69, 9.17) is 0 Å². The minimum Gasteiger partial charge on any atom is -0.387 e. The van der Waals surface area contributed by atoms with Gasteiger partial charge in [0.2, 0.25) is 5.91 Å². The van der Waals surface area contributed by atoms with Crippen molar-refractivity contribution in [3.63, 3.8) is 0 Å². The van der Waals surface area contributed by atoms with E-state index in [2.05, 4.69) is 15.3 Å². The average Bonchev–Trinajstić information content (AvgIpc) is 3.15. The van der Waals surface area contributed by atoms with Crippen LogP contribution in [0.25, 0.3) is 0 Å². The summed E-state index contributed by atoms with van der Waals surface area (Å²) in [5.41, 5.74) is -0.450. The van der Waals surface area contributed by atoms with Gasteiger partial charge in [-0.25, -0.2) is 0 Å². The predicted molar refractivity (Wildman–Crippen MR) is 92.0 cm³/mol. The van der Waals surface area contributed by atoms with Crippen molar-refractivity contribution in [1.29, 1.82) is 0 Å². The fourth-order valence-corrected chi connectivity index (χ4v) is 3.79. The Bertz CT molecular complexity index is 638. The molecule has 0 aliphatic carbocycles. The highest BCUT2D eigenvalue weighted by Gasteiger charge is 2.40. The first-order valence-electron chi connectivity index (χ1n) is 8.85. The molecule has 0 radical (unpaired) electrons. The van der Waals surface area contributed by atoms with Crippen molar-refractivity contribution in [2.75, 3.05) is 32.7 Å². The molecule has 2 fully saturated rings. The Hall–Kier alpha value is -1.93. The number of aryl methyl sites for hydroxylation is 1. The number of β-amino-alcohol motifs (C(OH)–C–C–N with tert-alkyl or cyclic N) is 1. The Balaban J connectivity index is 1.50. The van der Waals surface area contributed by atoms with Gasteiger partial charge in [0, 0.05) is 52.4 Å².